The van der Waals surface area contributed by atoms with Crippen LogP contribution in [-0.4, -0.2) is 16.3 Å². The van der Waals surface area contributed by atoms with Crippen LogP contribution < -0.4 is 0 Å². The molecule has 2 rings (SSSR count). The molecule has 0 unspecified atom stereocenters. The summed E-state index contributed by atoms with van der Waals surface area (Å²) < 4.78 is 0. The van der Waals surface area contributed by atoms with E-state index in [1.165, 1.54) is 0 Å². The highest BCUT2D eigenvalue weighted by atomic mass is 16.3. The van der Waals surface area contributed by atoms with Crippen LogP contribution in [0.3, 0.4) is 0 Å². The van der Waals surface area contributed by atoms with Gasteiger partial charge >= 0.3 is 0 Å². The topological polar surface area (TPSA) is 69.9 Å². The smallest absolute Gasteiger partial charge is 0.235 e. The van der Waals surface area contributed by atoms with Crippen molar-refractivity contribution in [2.45, 2.75) is 37.8 Å². The van der Waals surface area contributed by atoms with E-state index in [2.05, 4.69) is 4.99 Å². The van der Waals surface area contributed by atoms with Crippen molar-refractivity contribution in [3.05, 3.63) is 29.3 Å². The van der Waals surface area contributed by atoms with Crippen molar-refractivity contribution in [2.24, 2.45) is 4.99 Å². The highest BCUT2D eigenvalue weighted by Gasteiger charge is 2.38. The molecule has 4 nitrogen and oxygen atoms in total. The Hall–Kier alpha value is -1.64. The van der Waals surface area contributed by atoms with E-state index < -0.39 is 5.54 Å². The molecule has 0 spiro atoms. The molecule has 0 bridgehead atoms. The van der Waals surface area contributed by atoms with Crippen LogP contribution in [-0.2, 0) is 16.9 Å². The van der Waals surface area contributed by atoms with Crippen LogP contribution in [0.5, 0.6) is 5.75 Å². The molecule has 1 aromatic carbocycles. The van der Waals surface area contributed by atoms with E-state index in [1.54, 1.807) is 24.3 Å². The Kier molecular flexibility index (Phi) is 3.27. The maximum absolute atomic E-state index is 10.6. The summed E-state index contributed by atoms with van der Waals surface area (Å²) in [4.78, 5) is 14.5. The minimum atomic E-state index is -0.642. The highest BCUT2D eigenvalue weighted by Crippen LogP contribution is 2.46. The van der Waals surface area contributed by atoms with E-state index in [0.717, 1.165) is 25.7 Å². The molecule has 17 heavy (non-hydrogen) atoms. The molecule has 0 aromatic heterocycles. The van der Waals surface area contributed by atoms with Crippen molar-refractivity contribution >= 4 is 6.08 Å². The number of phenols is 1. The van der Waals surface area contributed by atoms with Gasteiger partial charge in [-0.2, -0.15) is 4.99 Å². The molecule has 1 aliphatic rings. The number of aromatic hydroxyl groups is 1. The first-order valence-electron chi connectivity index (χ1n) is 5.75. The third kappa shape index (κ3) is 1.97. The molecular weight excluding hydrogens is 218 g/mol. The molecule has 2 N–H and O–H groups in total. The lowest BCUT2D eigenvalue weighted by Gasteiger charge is -2.24. The minimum absolute atomic E-state index is 0.0518. The number of para-hydroxylation sites is 1. The first-order chi connectivity index (χ1) is 8.23. The number of rotatable bonds is 3. The second-order valence-corrected chi connectivity index (χ2v) is 4.41. The van der Waals surface area contributed by atoms with Gasteiger partial charge in [0.2, 0.25) is 6.08 Å². The van der Waals surface area contributed by atoms with Crippen LogP contribution in [0.1, 0.15) is 36.8 Å². The molecule has 1 aromatic rings. The van der Waals surface area contributed by atoms with Crippen molar-refractivity contribution in [1.29, 1.82) is 0 Å². The predicted octanol–water partition coefficient (Wildman–Crippen LogP) is 1.99. The van der Waals surface area contributed by atoms with Crippen LogP contribution in [0, 0.1) is 0 Å². The van der Waals surface area contributed by atoms with E-state index in [-0.39, 0.29) is 12.4 Å². The molecule has 1 aliphatic carbocycles. The summed E-state index contributed by atoms with van der Waals surface area (Å²) in [7, 11) is 0. The summed E-state index contributed by atoms with van der Waals surface area (Å²) in [6, 6.07) is 5.19. The van der Waals surface area contributed by atoms with Crippen molar-refractivity contribution < 1.29 is 15.0 Å². The number of hydrogen-bond acceptors (Lipinski definition) is 4. The van der Waals surface area contributed by atoms with Crippen LogP contribution in [0.15, 0.2) is 23.2 Å². The number of aliphatic hydroxyl groups is 1. The maximum atomic E-state index is 10.6. The van der Waals surface area contributed by atoms with E-state index >= 15 is 0 Å². The Bertz CT molecular complexity index is 458. The van der Waals surface area contributed by atoms with E-state index in [0.29, 0.717) is 11.1 Å². The fraction of sp³-hybridized carbons (Fsp3) is 0.462. The summed E-state index contributed by atoms with van der Waals surface area (Å²) in [5, 5.41) is 19.2. The largest absolute Gasteiger partial charge is 0.507 e. The normalized spacial score (nSPS) is 17.7. The second-order valence-electron chi connectivity index (χ2n) is 4.41. The lowest BCUT2D eigenvalue weighted by atomic mass is 9.87. The van der Waals surface area contributed by atoms with Crippen molar-refractivity contribution in [3.8, 4) is 5.75 Å². The van der Waals surface area contributed by atoms with Gasteiger partial charge in [0.15, 0.2) is 0 Å². The lowest BCUT2D eigenvalue weighted by Crippen LogP contribution is -2.19. The summed E-state index contributed by atoms with van der Waals surface area (Å²) in [5.41, 5.74) is 0.455. The number of carbonyl (C=O) groups excluding carboxylic acids is 1. The van der Waals surface area contributed by atoms with Gasteiger partial charge in [-0.15, -0.1) is 0 Å². The summed E-state index contributed by atoms with van der Waals surface area (Å²) in [6.45, 7) is -0.222. The zero-order chi connectivity index (χ0) is 12.3. The second kappa shape index (κ2) is 4.70. The standard InChI is InChI=1S/C13H15NO3/c15-8-10-4-3-5-11(12(10)17)13(14-9-16)6-1-2-7-13/h3-5,15,17H,1-2,6-8H2. The maximum Gasteiger partial charge on any atom is 0.235 e. The summed E-state index contributed by atoms with van der Waals surface area (Å²) >= 11 is 0. The molecule has 0 aliphatic heterocycles. The fourth-order valence-electron chi connectivity index (χ4n) is 2.58. The molecule has 4 heteroatoms. The monoisotopic (exact) mass is 233 g/mol. The summed E-state index contributed by atoms with van der Waals surface area (Å²) in [5.74, 6) is 0.0518. The number of benzene rings is 1. The van der Waals surface area contributed by atoms with Gasteiger partial charge in [-0.3, -0.25) is 0 Å². The Balaban J connectivity index is 2.54. The van der Waals surface area contributed by atoms with Gasteiger partial charge in [-0.1, -0.05) is 31.0 Å². The van der Waals surface area contributed by atoms with Gasteiger partial charge in [0.05, 0.1) is 6.61 Å². The van der Waals surface area contributed by atoms with Crippen LogP contribution in [0.2, 0.25) is 0 Å². The number of aliphatic imine (C=N–C) groups is 1. The van der Waals surface area contributed by atoms with Gasteiger partial charge < -0.3 is 10.2 Å². The van der Waals surface area contributed by atoms with E-state index in [4.69, 9.17) is 5.11 Å². The minimum Gasteiger partial charge on any atom is -0.507 e. The zero-order valence-electron chi connectivity index (χ0n) is 9.52. The number of hydrogen-bond donors (Lipinski definition) is 2. The average molecular weight is 233 g/mol. The van der Waals surface area contributed by atoms with Crippen molar-refractivity contribution in [1.82, 2.24) is 0 Å². The third-order valence-corrected chi connectivity index (χ3v) is 3.48. The van der Waals surface area contributed by atoms with E-state index in [9.17, 15) is 9.90 Å². The van der Waals surface area contributed by atoms with Gasteiger partial charge in [0, 0.05) is 11.1 Å². The number of isocyanates is 1. The summed E-state index contributed by atoms with van der Waals surface area (Å²) in [6.07, 6.45) is 5.06. The van der Waals surface area contributed by atoms with Gasteiger partial charge in [0.25, 0.3) is 0 Å². The van der Waals surface area contributed by atoms with Crippen molar-refractivity contribution in [3.63, 3.8) is 0 Å². The number of nitrogens with zero attached hydrogens (tertiary/aromatic N) is 1. The molecule has 0 amide bonds. The quantitative estimate of drug-likeness (QED) is 0.619. The van der Waals surface area contributed by atoms with Gasteiger partial charge in [0.1, 0.15) is 11.3 Å². The molecular formula is C13H15NO3. The average Bonchev–Trinajstić information content (AvgIpc) is 2.79. The Morgan fingerprint density at radius 2 is 2.06 bits per heavy atom. The van der Waals surface area contributed by atoms with Crippen molar-refractivity contribution in [2.75, 3.05) is 0 Å². The van der Waals surface area contributed by atoms with Crippen LogP contribution in [0.4, 0.5) is 0 Å². The molecule has 1 fully saturated rings. The SMILES string of the molecule is O=C=NC1(c2cccc(CO)c2O)CCCC1. The molecule has 0 radical (unpaired) electrons. The zero-order valence-corrected chi connectivity index (χ0v) is 9.52. The third-order valence-electron chi connectivity index (χ3n) is 3.48. The molecule has 0 atom stereocenters. The van der Waals surface area contributed by atoms with Crippen LogP contribution >= 0.6 is 0 Å². The molecule has 0 heterocycles. The Morgan fingerprint density at radius 3 is 2.65 bits per heavy atom. The van der Waals surface area contributed by atoms with Crippen LogP contribution in [0.25, 0.3) is 0 Å². The van der Waals surface area contributed by atoms with Gasteiger partial charge in [-0.05, 0) is 12.8 Å². The first kappa shape index (κ1) is 11.8. The van der Waals surface area contributed by atoms with Gasteiger partial charge in [-0.25, -0.2) is 4.79 Å². The highest BCUT2D eigenvalue weighted by molar-refractivity contribution is 5.47. The molecule has 0 saturated heterocycles. The Labute approximate surface area is 99.6 Å². The Morgan fingerprint density at radius 1 is 1.35 bits per heavy atom. The predicted molar refractivity (Wildman–Crippen MR) is 62.3 cm³/mol. The van der Waals surface area contributed by atoms with E-state index in [1.807, 2.05) is 0 Å². The fourth-order valence-corrected chi connectivity index (χ4v) is 2.58. The molecule has 90 valence electrons. The molecule has 1 saturated carbocycles. The number of aliphatic hydroxyl groups excluding tert-OH is 1. The first-order valence-corrected chi connectivity index (χ1v) is 5.75. The lowest BCUT2D eigenvalue weighted by molar-refractivity contribution is 0.274.